The molecule has 0 saturated carbocycles. The minimum Gasteiger partial charge on any atom is -0.356 e. The molecule has 160 valence electrons. The van der Waals surface area contributed by atoms with Gasteiger partial charge in [0.1, 0.15) is 5.03 Å². The van der Waals surface area contributed by atoms with Crippen LogP contribution in [0.4, 0.5) is 5.82 Å². The number of amides is 2. The lowest BCUT2D eigenvalue weighted by atomic mass is 9.96. The molecule has 0 aliphatic carbocycles. The van der Waals surface area contributed by atoms with E-state index in [0.29, 0.717) is 12.3 Å². The normalized spacial score (nSPS) is 14.4. The van der Waals surface area contributed by atoms with Gasteiger partial charge in [0.15, 0.2) is 5.82 Å². The van der Waals surface area contributed by atoms with Crippen molar-refractivity contribution in [1.29, 1.82) is 0 Å². The van der Waals surface area contributed by atoms with Gasteiger partial charge in [-0.2, -0.15) is 0 Å². The quantitative estimate of drug-likeness (QED) is 0.598. The smallest absolute Gasteiger partial charge is 0.230 e. The standard InChI is InChI=1S/C22H29N5O2S/c1-2-12-23-22(29)18-10-13-27(14-11-18)19-8-9-21(26-25-19)30-16-20(28)24-15-17-6-4-3-5-7-17/h3-9,18H,2,10-16H2,1H3,(H,23,29)(H,24,28). The van der Waals surface area contributed by atoms with Gasteiger partial charge in [0, 0.05) is 32.1 Å². The minimum atomic E-state index is -0.0295. The molecule has 2 amide bonds. The summed E-state index contributed by atoms with van der Waals surface area (Å²) in [7, 11) is 0. The lowest BCUT2D eigenvalue weighted by molar-refractivity contribution is -0.125. The fourth-order valence-electron chi connectivity index (χ4n) is 3.31. The van der Waals surface area contributed by atoms with E-state index in [1.54, 1.807) is 0 Å². The molecule has 1 aliphatic rings. The van der Waals surface area contributed by atoms with Crippen molar-refractivity contribution < 1.29 is 9.59 Å². The summed E-state index contributed by atoms with van der Waals surface area (Å²) >= 11 is 1.37. The van der Waals surface area contributed by atoms with Crippen LogP contribution < -0.4 is 15.5 Å². The van der Waals surface area contributed by atoms with E-state index in [1.165, 1.54) is 11.8 Å². The average molecular weight is 428 g/mol. The number of hydrogen-bond donors (Lipinski definition) is 2. The second kappa shape index (κ2) is 11.5. The second-order valence-corrected chi connectivity index (χ2v) is 8.33. The Bertz CT molecular complexity index is 808. The second-order valence-electron chi connectivity index (χ2n) is 7.33. The third kappa shape index (κ3) is 6.73. The van der Waals surface area contributed by atoms with E-state index in [9.17, 15) is 9.59 Å². The Labute approximate surface area is 182 Å². The maximum absolute atomic E-state index is 12.1. The van der Waals surface area contributed by atoms with Gasteiger partial charge in [-0.1, -0.05) is 49.0 Å². The highest BCUT2D eigenvalue weighted by Crippen LogP contribution is 2.23. The van der Waals surface area contributed by atoms with Gasteiger partial charge < -0.3 is 15.5 Å². The molecule has 0 spiro atoms. The Hall–Kier alpha value is -2.61. The summed E-state index contributed by atoms with van der Waals surface area (Å²) in [6.45, 7) is 4.92. The molecular weight excluding hydrogens is 398 g/mol. The third-order valence-corrected chi connectivity index (χ3v) is 5.97. The third-order valence-electron chi connectivity index (χ3n) is 5.05. The Morgan fingerprint density at radius 1 is 1.07 bits per heavy atom. The van der Waals surface area contributed by atoms with Gasteiger partial charge in [-0.15, -0.1) is 10.2 Å². The topological polar surface area (TPSA) is 87.2 Å². The summed E-state index contributed by atoms with van der Waals surface area (Å²) in [5, 5.41) is 15.2. The first-order valence-electron chi connectivity index (χ1n) is 10.5. The van der Waals surface area contributed by atoms with Crippen molar-refractivity contribution in [2.45, 2.75) is 37.8 Å². The van der Waals surface area contributed by atoms with Crippen LogP contribution in [0.3, 0.4) is 0 Å². The molecule has 2 aromatic rings. The van der Waals surface area contributed by atoms with Crippen LogP contribution in [0.25, 0.3) is 0 Å². The van der Waals surface area contributed by atoms with Crippen molar-refractivity contribution in [1.82, 2.24) is 20.8 Å². The number of hydrogen-bond acceptors (Lipinski definition) is 6. The summed E-state index contributed by atoms with van der Waals surface area (Å²) in [6.07, 6.45) is 2.61. The Morgan fingerprint density at radius 2 is 1.83 bits per heavy atom. The highest BCUT2D eigenvalue weighted by atomic mass is 32.2. The fourth-order valence-corrected chi connectivity index (χ4v) is 3.95. The minimum absolute atomic E-state index is 0.0295. The highest BCUT2D eigenvalue weighted by molar-refractivity contribution is 7.99. The number of nitrogens with zero attached hydrogens (tertiary/aromatic N) is 3. The van der Waals surface area contributed by atoms with Gasteiger partial charge in [-0.05, 0) is 37.0 Å². The van der Waals surface area contributed by atoms with E-state index < -0.39 is 0 Å². The first-order chi connectivity index (χ1) is 14.7. The number of carbonyl (C=O) groups excluding carboxylic acids is 2. The van der Waals surface area contributed by atoms with Gasteiger partial charge in [0.2, 0.25) is 11.8 Å². The van der Waals surface area contributed by atoms with Crippen LogP contribution in [-0.4, -0.2) is 47.4 Å². The van der Waals surface area contributed by atoms with Crippen molar-refractivity contribution in [2.75, 3.05) is 30.3 Å². The zero-order valence-corrected chi connectivity index (χ0v) is 18.2. The van der Waals surface area contributed by atoms with Gasteiger partial charge in [0.05, 0.1) is 5.75 Å². The van der Waals surface area contributed by atoms with Crippen LogP contribution in [0.5, 0.6) is 0 Å². The monoisotopic (exact) mass is 427 g/mol. The Balaban J connectivity index is 1.40. The van der Waals surface area contributed by atoms with Crippen LogP contribution in [0.15, 0.2) is 47.5 Å². The number of piperidine rings is 1. The summed E-state index contributed by atoms with van der Waals surface area (Å²) < 4.78 is 0. The van der Waals surface area contributed by atoms with Gasteiger partial charge in [0.25, 0.3) is 0 Å². The first kappa shape index (κ1) is 22.1. The molecule has 7 nitrogen and oxygen atoms in total. The number of rotatable bonds is 9. The molecule has 1 aromatic carbocycles. The molecule has 30 heavy (non-hydrogen) atoms. The molecule has 0 unspecified atom stereocenters. The van der Waals surface area contributed by atoms with Gasteiger partial charge in [-0.25, -0.2) is 0 Å². The van der Waals surface area contributed by atoms with Crippen molar-refractivity contribution in [2.24, 2.45) is 5.92 Å². The Morgan fingerprint density at radius 3 is 2.50 bits per heavy atom. The molecule has 1 aliphatic heterocycles. The molecule has 2 heterocycles. The number of aromatic nitrogens is 2. The maximum atomic E-state index is 12.1. The number of benzene rings is 1. The molecule has 0 bridgehead atoms. The molecule has 3 rings (SSSR count). The summed E-state index contributed by atoms with van der Waals surface area (Å²) in [5.41, 5.74) is 1.08. The van der Waals surface area contributed by atoms with Crippen molar-refractivity contribution in [3.63, 3.8) is 0 Å². The van der Waals surface area contributed by atoms with Crippen molar-refractivity contribution in [3.05, 3.63) is 48.0 Å². The van der Waals surface area contributed by atoms with Crippen LogP contribution in [0.1, 0.15) is 31.7 Å². The van der Waals surface area contributed by atoms with E-state index in [4.69, 9.17) is 0 Å². The van der Waals surface area contributed by atoms with Crippen LogP contribution in [-0.2, 0) is 16.1 Å². The van der Waals surface area contributed by atoms with E-state index >= 15 is 0 Å². The molecule has 8 heteroatoms. The summed E-state index contributed by atoms with van der Waals surface area (Å²) in [4.78, 5) is 26.3. The number of thioether (sulfide) groups is 1. The molecule has 1 saturated heterocycles. The van der Waals surface area contributed by atoms with Gasteiger partial charge >= 0.3 is 0 Å². The lowest BCUT2D eigenvalue weighted by Crippen LogP contribution is -2.41. The molecule has 2 N–H and O–H groups in total. The van der Waals surface area contributed by atoms with Crippen molar-refractivity contribution in [3.8, 4) is 0 Å². The van der Waals surface area contributed by atoms with Crippen LogP contribution >= 0.6 is 11.8 Å². The largest absolute Gasteiger partial charge is 0.356 e. The predicted octanol–water partition coefficient (Wildman–Crippen LogP) is 2.63. The zero-order chi connectivity index (χ0) is 21.2. The summed E-state index contributed by atoms with van der Waals surface area (Å²) in [5.74, 6) is 1.35. The Kier molecular flexibility index (Phi) is 8.50. The number of carbonyl (C=O) groups is 2. The molecule has 1 fully saturated rings. The number of nitrogens with one attached hydrogen (secondary N) is 2. The maximum Gasteiger partial charge on any atom is 0.230 e. The van der Waals surface area contributed by atoms with E-state index in [-0.39, 0.29) is 17.7 Å². The predicted molar refractivity (Wildman–Crippen MR) is 119 cm³/mol. The molecule has 1 aromatic heterocycles. The lowest BCUT2D eigenvalue weighted by Gasteiger charge is -2.31. The van der Waals surface area contributed by atoms with Gasteiger partial charge in [-0.3, -0.25) is 9.59 Å². The van der Waals surface area contributed by atoms with E-state index in [0.717, 1.165) is 55.3 Å². The average Bonchev–Trinajstić information content (AvgIpc) is 2.81. The van der Waals surface area contributed by atoms with Crippen LogP contribution in [0, 0.1) is 5.92 Å². The number of anilines is 1. The SMILES string of the molecule is CCCNC(=O)C1CCN(c2ccc(SCC(=O)NCc3ccccc3)nn2)CC1. The van der Waals surface area contributed by atoms with Crippen LogP contribution in [0.2, 0.25) is 0 Å². The highest BCUT2D eigenvalue weighted by Gasteiger charge is 2.25. The van der Waals surface area contributed by atoms with Crippen molar-refractivity contribution >= 4 is 29.4 Å². The summed E-state index contributed by atoms with van der Waals surface area (Å²) in [6, 6.07) is 13.7. The molecular formula is C22H29N5O2S. The van der Waals surface area contributed by atoms with E-state index in [2.05, 4.69) is 32.7 Å². The molecule has 0 radical (unpaired) electrons. The zero-order valence-electron chi connectivity index (χ0n) is 17.3. The van der Waals surface area contributed by atoms with E-state index in [1.807, 2.05) is 42.5 Å². The fraction of sp³-hybridized carbons (Fsp3) is 0.455. The first-order valence-corrected chi connectivity index (χ1v) is 11.4. The molecule has 0 atom stereocenters.